The van der Waals surface area contributed by atoms with Crippen LogP contribution in [0.3, 0.4) is 0 Å². The van der Waals surface area contributed by atoms with E-state index in [4.69, 9.17) is 14.2 Å². The molecule has 194 valence electrons. The van der Waals surface area contributed by atoms with Gasteiger partial charge in [-0.05, 0) is 38.0 Å². The maximum absolute atomic E-state index is 12.5. The van der Waals surface area contributed by atoms with Gasteiger partial charge in [0.05, 0.1) is 35.7 Å². The summed E-state index contributed by atoms with van der Waals surface area (Å²) < 4.78 is 17.7. The number of benzene rings is 2. The highest BCUT2D eigenvalue weighted by Gasteiger charge is 2.27. The Bertz CT molecular complexity index is 1260. The van der Waals surface area contributed by atoms with E-state index in [0.717, 1.165) is 24.3 Å². The lowest BCUT2D eigenvalue weighted by atomic mass is 10.0. The van der Waals surface area contributed by atoms with Gasteiger partial charge >= 0.3 is 18.0 Å². The van der Waals surface area contributed by atoms with Gasteiger partial charge in [0.2, 0.25) is 5.88 Å². The second-order valence-electron chi connectivity index (χ2n) is 8.88. The number of amides is 1. The van der Waals surface area contributed by atoms with Gasteiger partial charge in [0.25, 0.3) is 0 Å². The summed E-state index contributed by atoms with van der Waals surface area (Å²) >= 11 is 0. The van der Waals surface area contributed by atoms with Crippen molar-refractivity contribution in [1.82, 2.24) is 20.4 Å². The van der Waals surface area contributed by atoms with Gasteiger partial charge in [-0.15, -0.1) is 0 Å². The summed E-state index contributed by atoms with van der Waals surface area (Å²) in [4.78, 5) is 37.1. The Morgan fingerprint density at radius 1 is 1.11 bits per heavy atom. The molecule has 0 radical (unpaired) electrons. The van der Waals surface area contributed by atoms with Crippen LogP contribution < -0.4 is 15.4 Å². The number of nitrogens with one attached hydrogen (secondary N) is 2. The summed E-state index contributed by atoms with van der Waals surface area (Å²) in [5.74, 6) is -1.53. The lowest BCUT2D eigenvalue weighted by molar-refractivity contribution is -0.133. The molecule has 2 heterocycles. The molecule has 10 heteroatoms. The molecule has 1 aliphatic rings. The number of hydrogen-bond acceptors (Lipinski definition) is 8. The van der Waals surface area contributed by atoms with Crippen molar-refractivity contribution in [2.45, 2.75) is 38.5 Å². The third kappa shape index (κ3) is 7.02. The highest BCUT2D eigenvalue weighted by Crippen LogP contribution is 2.28. The molecule has 0 bridgehead atoms. The molecule has 1 fully saturated rings. The largest absolute Gasteiger partial charge is 0.415 e. The van der Waals surface area contributed by atoms with Gasteiger partial charge in [-0.25, -0.2) is 19.1 Å². The molecular formula is C27H30N4O6. The van der Waals surface area contributed by atoms with E-state index in [1.54, 1.807) is 10.7 Å². The number of aromatic nitrogens is 2. The van der Waals surface area contributed by atoms with Crippen LogP contribution in [0, 0.1) is 0 Å². The van der Waals surface area contributed by atoms with E-state index >= 15 is 0 Å². The molecule has 2 unspecified atom stereocenters. The summed E-state index contributed by atoms with van der Waals surface area (Å²) in [6.07, 6.45) is 1.04. The van der Waals surface area contributed by atoms with E-state index in [0.29, 0.717) is 30.5 Å². The fourth-order valence-electron chi connectivity index (χ4n) is 4.04. The predicted octanol–water partition coefficient (Wildman–Crippen LogP) is 2.93. The molecule has 0 spiro atoms. The Morgan fingerprint density at radius 3 is 2.57 bits per heavy atom. The van der Waals surface area contributed by atoms with E-state index in [9.17, 15) is 14.4 Å². The second kappa shape index (κ2) is 12.3. The highest BCUT2D eigenvalue weighted by atomic mass is 16.6. The van der Waals surface area contributed by atoms with Crippen molar-refractivity contribution in [1.29, 1.82) is 0 Å². The van der Waals surface area contributed by atoms with Gasteiger partial charge in [0.1, 0.15) is 0 Å². The van der Waals surface area contributed by atoms with Gasteiger partial charge in [0, 0.05) is 25.2 Å². The molecule has 37 heavy (non-hydrogen) atoms. The summed E-state index contributed by atoms with van der Waals surface area (Å²) in [5, 5.41) is 11.1. The number of morpholine rings is 1. The first-order valence-electron chi connectivity index (χ1n) is 12.2. The van der Waals surface area contributed by atoms with Crippen LogP contribution in [0.2, 0.25) is 0 Å². The van der Waals surface area contributed by atoms with Crippen molar-refractivity contribution in [2.75, 3.05) is 19.7 Å². The van der Waals surface area contributed by atoms with Crippen molar-refractivity contribution < 1.29 is 28.6 Å². The number of hydrogen-bond donors (Lipinski definition) is 2. The van der Waals surface area contributed by atoms with E-state index in [1.807, 2.05) is 62.4 Å². The Kier molecular flexibility index (Phi) is 8.65. The molecule has 1 aromatic heterocycles. The van der Waals surface area contributed by atoms with Crippen LogP contribution in [0.1, 0.15) is 25.5 Å². The molecule has 2 aromatic carbocycles. The van der Waals surface area contributed by atoms with E-state index in [2.05, 4.69) is 15.7 Å². The van der Waals surface area contributed by atoms with E-state index < -0.39 is 24.1 Å². The Balaban J connectivity index is 1.35. The third-order valence-corrected chi connectivity index (χ3v) is 5.80. The van der Waals surface area contributed by atoms with Crippen molar-refractivity contribution in [3.63, 3.8) is 0 Å². The second-order valence-corrected chi connectivity index (χ2v) is 8.88. The summed E-state index contributed by atoms with van der Waals surface area (Å²) in [6, 6.07) is 16.4. The summed E-state index contributed by atoms with van der Waals surface area (Å²) in [5.41, 5.74) is 1.69. The number of fused-ring (bicyclic) bond motifs is 1. The van der Waals surface area contributed by atoms with Crippen molar-refractivity contribution in [3.05, 3.63) is 72.3 Å². The average Bonchev–Trinajstić information content (AvgIpc) is 3.27. The number of esters is 2. The first-order chi connectivity index (χ1) is 17.9. The molecule has 4 rings (SSSR count). The molecule has 3 aromatic rings. The Labute approximate surface area is 214 Å². The van der Waals surface area contributed by atoms with E-state index in [-0.39, 0.29) is 18.0 Å². The Hall–Kier alpha value is -4.02. The van der Waals surface area contributed by atoms with Crippen LogP contribution in [0.5, 0.6) is 5.88 Å². The number of carbonyl (C=O) groups is 3. The maximum Gasteiger partial charge on any atom is 0.415 e. The van der Waals surface area contributed by atoms with Crippen LogP contribution >= 0.6 is 0 Å². The van der Waals surface area contributed by atoms with Crippen molar-refractivity contribution in [2.24, 2.45) is 0 Å². The topological polar surface area (TPSA) is 121 Å². The molecular weight excluding hydrogens is 476 g/mol. The molecule has 0 saturated carbocycles. The number of ether oxygens (including phenoxy) is 3. The lowest BCUT2D eigenvalue weighted by Gasteiger charge is -2.31. The average molecular weight is 507 g/mol. The molecule has 2 N–H and O–H groups in total. The van der Waals surface area contributed by atoms with Gasteiger partial charge in [-0.3, -0.25) is 0 Å². The first-order valence-corrected chi connectivity index (χ1v) is 12.2. The van der Waals surface area contributed by atoms with Crippen molar-refractivity contribution >= 4 is 28.9 Å². The van der Waals surface area contributed by atoms with Gasteiger partial charge in [-0.1, -0.05) is 42.5 Å². The predicted molar refractivity (Wildman–Crippen MR) is 136 cm³/mol. The van der Waals surface area contributed by atoms with Crippen LogP contribution in [0.4, 0.5) is 4.79 Å². The molecule has 0 aliphatic carbocycles. The zero-order valence-corrected chi connectivity index (χ0v) is 20.8. The minimum Gasteiger partial charge on any atom is -0.404 e. The third-order valence-electron chi connectivity index (χ3n) is 5.80. The molecule has 1 aliphatic heterocycles. The van der Waals surface area contributed by atoms with Gasteiger partial charge in [0.15, 0.2) is 0 Å². The van der Waals surface area contributed by atoms with E-state index in [1.165, 1.54) is 0 Å². The monoisotopic (exact) mass is 506 g/mol. The fraction of sp³-hybridized carbons (Fsp3) is 0.333. The number of nitrogens with zero attached hydrogens (tertiary/aromatic N) is 2. The van der Waals surface area contributed by atoms with Crippen LogP contribution in [-0.2, 0) is 25.5 Å². The maximum atomic E-state index is 12.5. The Morgan fingerprint density at radius 2 is 1.84 bits per heavy atom. The molecule has 10 nitrogen and oxygen atoms in total. The van der Waals surface area contributed by atoms with Gasteiger partial charge < -0.3 is 24.8 Å². The van der Waals surface area contributed by atoms with Crippen LogP contribution in [0.25, 0.3) is 10.9 Å². The molecule has 1 amide bonds. The number of alkyl carbamates (subject to hydrolysis) is 1. The van der Waals surface area contributed by atoms with Crippen molar-refractivity contribution in [3.8, 4) is 5.88 Å². The quantitative estimate of drug-likeness (QED) is 0.272. The van der Waals surface area contributed by atoms with Crippen LogP contribution in [0.15, 0.2) is 66.7 Å². The number of rotatable bonds is 8. The minimum atomic E-state index is -1.00. The zero-order valence-electron chi connectivity index (χ0n) is 20.8. The lowest BCUT2D eigenvalue weighted by Crippen LogP contribution is -2.53. The summed E-state index contributed by atoms with van der Waals surface area (Å²) in [7, 11) is 0. The van der Waals surface area contributed by atoms with Gasteiger partial charge in [-0.2, -0.15) is 5.10 Å². The number of carbonyl (C=O) groups excluding carboxylic acids is 3. The molecule has 1 saturated heterocycles. The fourth-order valence-corrected chi connectivity index (χ4v) is 4.04. The highest BCUT2D eigenvalue weighted by molar-refractivity contribution is 5.97. The zero-order chi connectivity index (χ0) is 26.2. The molecule has 2 atom stereocenters. The SMILES string of the molecule is CC(C)n1nc2ccccc2c1OC(=O)/C=C/C(=O)OC(=O)NC(Cc1ccccc1)C1CNCCO1. The van der Waals surface area contributed by atoms with Crippen LogP contribution in [-0.4, -0.2) is 59.7 Å². The normalized spacial score (nSPS) is 16.6. The minimum absolute atomic E-state index is 0.0555. The summed E-state index contributed by atoms with van der Waals surface area (Å²) in [6.45, 7) is 5.62. The first kappa shape index (κ1) is 26.1. The standard InChI is InChI=1S/C27H30N4O6/c1-18(2)31-26(20-10-6-7-11-21(20)30-31)36-24(32)12-13-25(33)37-27(34)29-22(23-17-28-14-15-35-23)16-19-8-4-3-5-9-19/h3-13,18,22-23,28H,14-17H2,1-2H3,(H,29,34)/b13-12+. The smallest absolute Gasteiger partial charge is 0.404 e.